The number of fused-ring (bicyclic) bond motifs is 1. The zero-order valence-electron chi connectivity index (χ0n) is 14.3. The molecule has 142 valence electrons. The van der Waals surface area contributed by atoms with Crippen LogP contribution in [-0.4, -0.2) is 36.1 Å². The topological polar surface area (TPSA) is 141 Å². The number of anilines is 1. The highest BCUT2D eigenvalue weighted by Gasteiger charge is 2.29. The number of hydrogen-bond acceptors (Lipinski definition) is 8. The Labute approximate surface area is 158 Å². The second kappa shape index (κ2) is 8.05. The number of hydrogen-bond donors (Lipinski definition) is 1. The summed E-state index contributed by atoms with van der Waals surface area (Å²) in [4.78, 5) is 34.1. The fraction of sp³-hybridized carbons (Fsp3) is 0.167. The smallest absolute Gasteiger partial charge is 0.351 e. The van der Waals surface area contributed by atoms with Crippen LogP contribution in [0.2, 0.25) is 0 Å². The van der Waals surface area contributed by atoms with Crippen molar-refractivity contribution in [3.05, 3.63) is 58.1 Å². The average molecular weight is 383 g/mol. The molecule has 0 saturated carbocycles. The first-order valence-electron chi connectivity index (χ1n) is 8.01. The highest BCUT2D eigenvalue weighted by Crippen LogP contribution is 2.31. The molecule has 0 radical (unpaired) electrons. The van der Waals surface area contributed by atoms with Gasteiger partial charge in [0.25, 0.3) is 11.6 Å². The van der Waals surface area contributed by atoms with E-state index in [9.17, 15) is 19.7 Å². The Kier molecular flexibility index (Phi) is 5.36. The van der Waals surface area contributed by atoms with E-state index >= 15 is 0 Å². The maximum Gasteiger partial charge on any atom is 0.351 e. The van der Waals surface area contributed by atoms with Gasteiger partial charge in [-0.3, -0.25) is 14.9 Å². The third kappa shape index (κ3) is 4.16. The molecule has 10 heteroatoms. The number of carbonyl (C=O) groups is 2. The van der Waals surface area contributed by atoms with E-state index in [0.717, 1.165) is 12.1 Å². The minimum absolute atomic E-state index is 0.0571. The van der Waals surface area contributed by atoms with Crippen LogP contribution in [0.5, 0.6) is 11.5 Å². The number of carbonyl (C=O) groups excluding carboxylic acids is 2. The lowest BCUT2D eigenvalue weighted by Gasteiger charge is -2.24. The SMILES string of the molecule is N#Cc1cc([N+](=O)[O-])ccc1NC(=O)COC(=O)[C@@H]1COc2ccccc2O1. The van der Waals surface area contributed by atoms with Crippen LogP contribution in [0.4, 0.5) is 11.4 Å². The molecule has 3 rings (SSSR count). The quantitative estimate of drug-likeness (QED) is 0.468. The first kappa shape index (κ1) is 18.7. The zero-order valence-corrected chi connectivity index (χ0v) is 14.3. The van der Waals surface area contributed by atoms with Gasteiger partial charge < -0.3 is 19.5 Å². The molecule has 1 amide bonds. The van der Waals surface area contributed by atoms with E-state index in [1.807, 2.05) is 0 Å². The van der Waals surface area contributed by atoms with Gasteiger partial charge in [0.2, 0.25) is 6.10 Å². The van der Waals surface area contributed by atoms with Crippen LogP contribution in [0.3, 0.4) is 0 Å². The predicted molar refractivity (Wildman–Crippen MR) is 93.8 cm³/mol. The number of nitriles is 1. The highest BCUT2D eigenvalue weighted by molar-refractivity contribution is 5.94. The third-order valence-electron chi connectivity index (χ3n) is 3.73. The summed E-state index contributed by atoms with van der Waals surface area (Å²) in [6.07, 6.45) is -1.02. The van der Waals surface area contributed by atoms with Crippen molar-refractivity contribution in [3.63, 3.8) is 0 Å². The van der Waals surface area contributed by atoms with Crippen molar-refractivity contribution in [2.45, 2.75) is 6.10 Å². The molecule has 0 spiro atoms. The number of benzene rings is 2. The third-order valence-corrected chi connectivity index (χ3v) is 3.73. The van der Waals surface area contributed by atoms with E-state index in [4.69, 9.17) is 19.5 Å². The molecule has 2 aromatic rings. The van der Waals surface area contributed by atoms with E-state index in [1.165, 1.54) is 6.07 Å². The lowest BCUT2D eigenvalue weighted by molar-refractivity contribution is -0.384. The number of non-ortho nitro benzene ring substituents is 1. The van der Waals surface area contributed by atoms with Gasteiger partial charge in [0.05, 0.1) is 16.2 Å². The Bertz CT molecular complexity index is 983. The van der Waals surface area contributed by atoms with Crippen LogP contribution in [0.15, 0.2) is 42.5 Å². The number of rotatable bonds is 5. The Morgan fingerprint density at radius 2 is 2.04 bits per heavy atom. The van der Waals surface area contributed by atoms with Crippen molar-refractivity contribution >= 4 is 23.3 Å². The second-order valence-corrected chi connectivity index (χ2v) is 5.62. The molecule has 1 atom stereocenters. The van der Waals surface area contributed by atoms with E-state index in [-0.39, 0.29) is 23.5 Å². The minimum Gasteiger partial charge on any atom is -0.485 e. The second-order valence-electron chi connectivity index (χ2n) is 5.62. The molecule has 28 heavy (non-hydrogen) atoms. The van der Waals surface area contributed by atoms with E-state index in [2.05, 4.69) is 5.32 Å². The first-order valence-corrected chi connectivity index (χ1v) is 8.01. The largest absolute Gasteiger partial charge is 0.485 e. The molecule has 2 aromatic carbocycles. The summed E-state index contributed by atoms with van der Waals surface area (Å²) in [6.45, 7) is -0.680. The van der Waals surface area contributed by atoms with Gasteiger partial charge in [-0.25, -0.2) is 4.79 Å². The van der Waals surface area contributed by atoms with Gasteiger partial charge in [-0.15, -0.1) is 0 Å². The first-order chi connectivity index (χ1) is 13.5. The van der Waals surface area contributed by atoms with Gasteiger partial charge in [0.1, 0.15) is 12.7 Å². The molecule has 10 nitrogen and oxygen atoms in total. The van der Waals surface area contributed by atoms with E-state index in [1.54, 1.807) is 30.3 Å². The number of nitro benzene ring substituents is 1. The number of amides is 1. The highest BCUT2D eigenvalue weighted by atomic mass is 16.6. The van der Waals surface area contributed by atoms with Gasteiger partial charge in [0.15, 0.2) is 18.1 Å². The summed E-state index contributed by atoms with van der Waals surface area (Å²) < 4.78 is 15.8. The average Bonchev–Trinajstić information content (AvgIpc) is 2.71. The molecular formula is C18H13N3O7. The number of nitrogens with zero attached hydrogens (tertiary/aromatic N) is 2. The summed E-state index contributed by atoms with van der Waals surface area (Å²) in [5.41, 5.74) is -0.300. The fourth-order valence-corrected chi connectivity index (χ4v) is 2.40. The van der Waals surface area contributed by atoms with Crippen LogP contribution < -0.4 is 14.8 Å². The van der Waals surface area contributed by atoms with Gasteiger partial charge >= 0.3 is 5.97 Å². The lowest BCUT2D eigenvalue weighted by Crippen LogP contribution is -2.39. The van der Waals surface area contributed by atoms with Crippen LogP contribution in [0.1, 0.15) is 5.56 Å². The maximum absolute atomic E-state index is 12.1. The molecule has 1 heterocycles. The zero-order chi connectivity index (χ0) is 20.1. The van der Waals surface area contributed by atoms with Crippen molar-refractivity contribution < 1.29 is 28.7 Å². The van der Waals surface area contributed by atoms with Gasteiger partial charge in [-0.05, 0) is 18.2 Å². The minimum atomic E-state index is -1.02. The number of ether oxygens (including phenoxy) is 3. The molecule has 1 N–H and O–H groups in total. The molecule has 0 bridgehead atoms. The van der Waals surface area contributed by atoms with Crippen LogP contribution >= 0.6 is 0 Å². The number of nitrogens with one attached hydrogen (secondary N) is 1. The van der Waals surface area contributed by atoms with Crippen LogP contribution in [0, 0.1) is 21.4 Å². The summed E-state index contributed by atoms with van der Waals surface area (Å²) in [5, 5.41) is 22.2. The van der Waals surface area contributed by atoms with Gasteiger partial charge in [-0.2, -0.15) is 5.26 Å². The Morgan fingerprint density at radius 1 is 1.29 bits per heavy atom. The fourth-order valence-electron chi connectivity index (χ4n) is 2.40. The van der Waals surface area contributed by atoms with Crippen LogP contribution in [-0.2, 0) is 14.3 Å². The van der Waals surface area contributed by atoms with Crippen molar-refractivity contribution in [2.75, 3.05) is 18.5 Å². The number of esters is 1. The monoisotopic (exact) mass is 383 g/mol. The summed E-state index contributed by atoms with van der Waals surface area (Å²) >= 11 is 0. The molecule has 1 aliphatic heterocycles. The molecule has 0 aromatic heterocycles. The Morgan fingerprint density at radius 3 is 2.75 bits per heavy atom. The summed E-state index contributed by atoms with van der Waals surface area (Å²) in [5.74, 6) is -0.596. The molecule has 1 aliphatic rings. The van der Waals surface area contributed by atoms with Crippen molar-refractivity contribution in [2.24, 2.45) is 0 Å². The molecule has 0 aliphatic carbocycles. The van der Waals surface area contributed by atoms with Crippen LogP contribution in [0.25, 0.3) is 0 Å². The van der Waals surface area contributed by atoms with Crippen molar-refractivity contribution in [1.82, 2.24) is 0 Å². The normalized spacial score (nSPS) is 14.5. The van der Waals surface area contributed by atoms with E-state index < -0.39 is 29.5 Å². The Hall–Kier alpha value is -4.13. The van der Waals surface area contributed by atoms with Gasteiger partial charge in [-0.1, -0.05) is 12.1 Å². The molecule has 0 fully saturated rings. The summed E-state index contributed by atoms with van der Waals surface area (Å²) in [7, 11) is 0. The Balaban J connectivity index is 1.56. The summed E-state index contributed by atoms with van der Waals surface area (Å²) in [6, 6.07) is 12.0. The van der Waals surface area contributed by atoms with E-state index in [0.29, 0.717) is 11.5 Å². The molecule has 0 saturated heterocycles. The standard InChI is InChI=1S/C18H13N3O7/c19-8-11-7-12(21(24)25)5-6-13(11)20-17(22)10-27-18(23)16-9-26-14-3-1-2-4-15(14)28-16/h1-7,16H,9-10H2,(H,20,22)/t16-/m0/s1. The van der Waals surface area contributed by atoms with Crippen molar-refractivity contribution in [3.8, 4) is 17.6 Å². The molecular weight excluding hydrogens is 370 g/mol. The van der Waals surface area contributed by atoms with Gasteiger partial charge in [0, 0.05) is 12.1 Å². The predicted octanol–water partition coefficient (Wildman–Crippen LogP) is 1.79. The molecule has 0 unspecified atom stereocenters. The number of nitro groups is 1. The van der Waals surface area contributed by atoms with Crippen molar-refractivity contribution in [1.29, 1.82) is 5.26 Å². The lowest BCUT2D eigenvalue weighted by atomic mass is 10.1. The maximum atomic E-state index is 12.1. The number of para-hydroxylation sites is 2.